The first kappa shape index (κ1) is 14.8. The zero-order valence-electron chi connectivity index (χ0n) is 11.2. The number of phenolic OH excluding ortho intramolecular Hbond substituents is 1. The van der Waals surface area contributed by atoms with E-state index in [-0.39, 0.29) is 23.8 Å². The van der Waals surface area contributed by atoms with Crippen molar-refractivity contribution in [2.45, 2.75) is 25.0 Å². The number of piperidine rings is 1. The van der Waals surface area contributed by atoms with Gasteiger partial charge in [0.2, 0.25) is 10.0 Å². The van der Waals surface area contributed by atoms with Gasteiger partial charge >= 0.3 is 0 Å². The van der Waals surface area contributed by atoms with E-state index in [9.17, 15) is 18.3 Å². The summed E-state index contributed by atoms with van der Waals surface area (Å²) in [4.78, 5) is 13.8. The molecule has 110 valence electrons. The highest BCUT2D eigenvalue weighted by molar-refractivity contribution is 7.89. The van der Waals surface area contributed by atoms with Gasteiger partial charge in [0.05, 0.1) is 10.8 Å². The molecule has 1 aromatic rings. The average Bonchev–Trinajstić information content (AvgIpc) is 2.40. The van der Waals surface area contributed by atoms with Crippen molar-refractivity contribution in [2.75, 3.05) is 13.1 Å². The molecular weight excluding hydrogens is 280 g/mol. The van der Waals surface area contributed by atoms with Gasteiger partial charge in [0.15, 0.2) is 0 Å². The number of amides is 1. The number of rotatable bonds is 2. The Bertz CT molecular complexity index is 627. The topological polar surface area (TPSA) is 101 Å². The largest absolute Gasteiger partial charge is 0.507 e. The molecule has 6 nitrogen and oxygen atoms in total. The predicted octanol–water partition coefficient (Wildman–Crippen LogP) is 0.594. The number of hydrogen-bond donors (Lipinski definition) is 2. The summed E-state index contributed by atoms with van der Waals surface area (Å²) in [6, 6.07) is 4.76. The predicted molar refractivity (Wildman–Crippen MR) is 74.9 cm³/mol. The van der Waals surface area contributed by atoms with Crippen LogP contribution in [0.1, 0.15) is 28.8 Å². The second-order valence-corrected chi connectivity index (χ2v) is 6.97. The molecule has 2 rings (SSSR count). The van der Waals surface area contributed by atoms with Gasteiger partial charge in [0.25, 0.3) is 5.91 Å². The highest BCUT2D eigenvalue weighted by Gasteiger charge is 2.31. The van der Waals surface area contributed by atoms with E-state index in [0.29, 0.717) is 19.4 Å². The molecule has 3 N–H and O–H groups in total. The summed E-state index contributed by atoms with van der Waals surface area (Å²) >= 11 is 0. The van der Waals surface area contributed by atoms with Gasteiger partial charge in [-0.2, -0.15) is 0 Å². The van der Waals surface area contributed by atoms with E-state index in [1.54, 1.807) is 12.1 Å². The average molecular weight is 298 g/mol. The molecule has 1 fully saturated rings. The Morgan fingerprint density at radius 2 is 2.15 bits per heavy atom. The zero-order chi connectivity index (χ0) is 14.9. The summed E-state index contributed by atoms with van der Waals surface area (Å²) in [6.07, 6.45) is 1.04. The number of aryl methyl sites for hydroxylation is 1. The first-order chi connectivity index (χ1) is 9.29. The van der Waals surface area contributed by atoms with Crippen LogP contribution in [-0.4, -0.2) is 42.7 Å². The number of nitrogens with two attached hydrogens (primary N) is 1. The van der Waals surface area contributed by atoms with Crippen LogP contribution in [0.2, 0.25) is 0 Å². The molecule has 0 aromatic heterocycles. The van der Waals surface area contributed by atoms with Crippen molar-refractivity contribution < 1.29 is 18.3 Å². The molecule has 1 saturated heterocycles. The number of primary sulfonamides is 1. The Labute approximate surface area is 118 Å². The fourth-order valence-corrected chi connectivity index (χ4v) is 3.27. The van der Waals surface area contributed by atoms with Gasteiger partial charge in [0.1, 0.15) is 5.75 Å². The van der Waals surface area contributed by atoms with Crippen LogP contribution in [0.15, 0.2) is 18.2 Å². The maximum Gasteiger partial charge on any atom is 0.257 e. The van der Waals surface area contributed by atoms with E-state index in [1.165, 1.54) is 11.0 Å². The molecule has 1 aliphatic rings. The summed E-state index contributed by atoms with van der Waals surface area (Å²) in [7, 11) is -3.65. The molecule has 7 heteroatoms. The molecule has 0 spiro atoms. The number of nitrogens with zero attached hydrogens (tertiary/aromatic N) is 1. The molecule has 1 amide bonds. The minimum Gasteiger partial charge on any atom is -0.507 e. The second-order valence-electron chi connectivity index (χ2n) is 5.13. The maximum atomic E-state index is 12.4. The third-order valence-electron chi connectivity index (χ3n) is 3.51. The number of aromatic hydroxyl groups is 1. The smallest absolute Gasteiger partial charge is 0.257 e. The lowest BCUT2D eigenvalue weighted by Crippen LogP contribution is -2.47. The third kappa shape index (κ3) is 3.10. The van der Waals surface area contributed by atoms with Gasteiger partial charge < -0.3 is 10.0 Å². The van der Waals surface area contributed by atoms with Crippen molar-refractivity contribution in [1.29, 1.82) is 0 Å². The molecule has 20 heavy (non-hydrogen) atoms. The van der Waals surface area contributed by atoms with Crippen LogP contribution < -0.4 is 5.14 Å². The van der Waals surface area contributed by atoms with Crippen LogP contribution in [0.25, 0.3) is 0 Å². The van der Waals surface area contributed by atoms with Crippen molar-refractivity contribution in [3.63, 3.8) is 0 Å². The van der Waals surface area contributed by atoms with E-state index in [2.05, 4.69) is 0 Å². The Kier molecular flexibility index (Phi) is 4.01. The molecular formula is C13H18N2O4S. The van der Waals surface area contributed by atoms with Gasteiger partial charge in [-0.05, 0) is 31.9 Å². The van der Waals surface area contributed by atoms with Crippen LogP contribution in [-0.2, 0) is 10.0 Å². The van der Waals surface area contributed by atoms with Crippen LogP contribution in [0.5, 0.6) is 5.75 Å². The molecule has 1 unspecified atom stereocenters. The van der Waals surface area contributed by atoms with Crippen LogP contribution in [0.4, 0.5) is 0 Å². The van der Waals surface area contributed by atoms with Crippen molar-refractivity contribution in [3.8, 4) is 5.75 Å². The fourth-order valence-electron chi connectivity index (χ4n) is 2.38. The van der Waals surface area contributed by atoms with Gasteiger partial charge in [-0.15, -0.1) is 0 Å². The Morgan fingerprint density at radius 3 is 2.80 bits per heavy atom. The standard InChI is InChI=1S/C13H18N2O4S/c1-9-4-5-12(16)11(7-9)13(17)15-6-2-3-10(8-15)20(14,18)19/h4-5,7,10,16H,2-3,6,8H2,1H3,(H2,14,18,19). The van der Waals surface area contributed by atoms with Gasteiger partial charge in [-0.25, -0.2) is 13.6 Å². The Hall–Kier alpha value is -1.60. The zero-order valence-corrected chi connectivity index (χ0v) is 12.1. The lowest BCUT2D eigenvalue weighted by Gasteiger charge is -2.31. The lowest BCUT2D eigenvalue weighted by atomic mass is 10.1. The maximum absolute atomic E-state index is 12.4. The quantitative estimate of drug-likeness (QED) is 0.834. The number of sulfonamides is 1. The van der Waals surface area contributed by atoms with E-state index in [1.807, 2.05) is 6.92 Å². The van der Waals surface area contributed by atoms with Crippen LogP contribution >= 0.6 is 0 Å². The number of carbonyl (C=O) groups excluding carboxylic acids is 1. The summed E-state index contributed by atoms with van der Waals surface area (Å²) in [5, 5.41) is 14.2. The number of carbonyl (C=O) groups is 1. The van der Waals surface area contributed by atoms with E-state index in [4.69, 9.17) is 5.14 Å². The van der Waals surface area contributed by atoms with E-state index < -0.39 is 15.3 Å². The number of likely N-dealkylation sites (tertiary alicyclic amines) is 1. The molecule has 1 aliphatic heterocycles. The van der Waals surface area contributed by atoms with Crippen molar-refractivity contribution in [1.82, 2.24) is 4.90 Å². The van der Waals surface area contributed by atoms with Crippen LogP contribution in [0.3, 0.4) is 0 Å². The van der Waals surface area contributed by atoms with Gasteiger partial charge in [0, 0.05) is 13.1 Å². The molecule has 1 heterocycles. The molecule has 0 saturated carbocycles. The van der Waals surface area contributed by atoms with E-state index >= 15 is 0 Å². The monoisotopic (exact) mass is 298 g/mol. The first-order valence-corrected chi connectivity index (χ1v) is 8.00. The highest BCUT2D eigenvalue weighted by atomic mass is 32.2. The highest BCUT2D eigenvalue weighted by Crippen LogP contribution is 2.23. The van der Waals surface area contributed by atoms with Gasteiger partial charge in [-0.1, -0.05) is 11.6 Å². The summed E-state index contributed by atoms with van der Waals surface area (Å²) in [5.74, 6) is -0.460. The Balaban J connectivity index is 2.23. The normalized spacial score (nSPS) is 19.9. The Morgan fingerprint density at radius 1 is 1.45 bits per heavy atom. The minimum atomic E-state index is -3.65. The number of benzene rings is 1. The molecule has 1 atom stereocenters. The summed E-state index contributed by atoms with van der Waals surface area (Å²) < 4.78 is 22.8. The fraction of sp³-hybridized carbons (Fsp3) is 0.462. The van der Waals surface area contributed by atoms with Crippen molar-refractivity contribution >= 4 is 15.9 Å². The summed E-state index contributed by atoms with van der Waals surface area (Å²) in [6.45, 7) is 2.36. The molecule has 0 bridgehead atoms. The molecule has 0 aliphatic carbocycles. The van der Waals surface area contributed by atoms with Crippen molar-refractivity contribution in [3.05, 3.63) is 29.3 Å². The SMILES string of the molecule is Cc1ccc(O)c(C(=O)N2CCCC(S(N)(=O)=O)C2)c1. The van der Waals surface area contributed by atoms with Gasteiger partial charge in [-0.3, -0.25) is 4.79 Å². The van der Waals surface area contributed by atoms with Crippen LogP contribution in [0, 0.1) is 6.92 Å². The second kappa shape index (κ2) is 5.41. The number of phenols is 1. The van der Waals surface area contributed by atoms with E-state index in [0.717, 1.165) is 5.56 Å². The first-order valence-electron chi connectivity index (χ1n) is 6.39. The lowest BCUT2D eigenvalue weighted by molar-refractivity contribution is 0.0724. The number of hydrogen-bond acceptors (Lipinski definition) is 4. The molecule has 1 aromatic carbocycles. The molecule has 0 radical (unpaired) electrons. The minimum absolute atomic E-state index is 0.0745. The summed E-state index contributed by atoms with van der Waals surface area (Å²) in [5.41, 5.74) is 1.05. The van der Waals surface area contributed by atoms with Crippen molar-refractivity contribution in [2.24, 2.45) is 5.14 Å². The third-order valence-corrected chi connectivity index (χ3v) is 4.83.